The van der Waals surface area contributed by atoms with Crippen LogP contribution in [0.5, 0.6) is 0 Å². The lowest BCUT2D eigenvalue weighted by atomic mass is 16.0. The molecule has 0 aliphatic heterocycles. The van der Waals surface area contributed by atoms with Crippen LogP contribution in [0.3, 0.4) is 0 Å². The van der Waals surface area contributed by atoms with E-state index in [9.17, 15) is 8.39 Å². The fourth-order valence-electron chi connectivity index (χ4n) is 0. The average molecular weight is 165 g/mol. The minimum Gasteiger partial charge on any atom is -0.237 e. The maximum absolute atomic E-state index is 10.5. The Morgan fingerprint density at radius 1 is 1.60 bits per heavy atom. The van der Waals surface area contributed by atoms with Crippen LogP contribution >= 0.6 is 22.0 Å². The second kappa shape index (κ2) is 1.35. The van der Waals surface area contributed by atoms with Crippen molar-refractivity contribution in [2.75, 3.05) is 0 Å². The van der Waals surface area contributed by atoms with Gasteiger partial charge in [-0.25, -0.2) is 4.57 Å². The molecule has 0 aromatic carbocycles. The molecular weight excluding hydrogens is 165 g/mol. The van der Waals surface area contributed by atoms with E-state index in [-0.39, 0.29) is 0 Å². The van der Waals surface area contributed by atoms with Crippen LogP contribution in [0.2, 0.25) is 0 Å². The lowest BCUT2D eigenvalue weighted by Crippen LogP contribution is -1.25. The van der Waals surface area contributed by atoms with Crippen molar-refractivity contribution in [1.82, 2.24) is 0 Å². The molecule has 1 nitrogen and oxygen atoms in total. The van der Waals surface area contributed by atoms with Crippen LogP contribution in [0.15, 0.2) is 0 Å². The number of hydrogen-bond donors (Lipinski definition) is 0. The Hall–Kier alpha value is 0.570. The van der Waals surface area contributed by atoms with Gasteiger partial charge in [0.2, 0.25) is 0 Å². The molecule has 0 saturated heterocycles. The van der Waals surface area contributed by atoms with E-state index < -0.39 is 6.47 Å². The molecule has 32 valence electrons. The lowest BCUT2D eigenvalue weighted by Gasteiger charge is -1.71. The van der Waals surface area contributed by atoms with Crippen LogP contribution < -0.4 is 0 Å². The van der Waals surface area contributed by atoms with Crippen molar-refractivity contribution < 1.29 is 13.0 Å². The van der Waals surface area contributed by atoms with Crippen LogP contribution in [0.4, 0.5) is 8.39 Å². The summed E-state index contributed by atoms with van der Waals surface area (Å²) in [7, 11) is 0. The lowest BCUT2D eigenvalue weighted by molar-refractivity contribution is 0.516. The Balaban J connectivity index is 3.47. The van der Waals surface area contributed by atoms with E-state index in [1.165, 1.54) is 0 Å². The van der Waals surface area contributed by atoms with Crippen molar-refractivity contribution in [2.45, 2.75) is 0 Å². The second-order valence-electron chi connectivity index (χ2n) is 0.399. The van der Waals surface area contributed by atoms with Crippen molar-refractivity contribution in [3.63, 3.8) is 0 Å². The summed E-state index contributed by atoms with van der Waals surface area (Å²) in [6.45, 7) is -4.83. The first-order chi connectivity index (χ1) is 2.00. The van der Waals surface area contributed by atoms with Gasteiger partial charge in [0.15, 0.2) is 0 Å². The Morgan fingerprint density at radius 2 is 1.60 bits per heavy atom. The molecular formula is BrF2OP. The molecule has 5 heteroatoms. The van der Waals surface area contributed by atoms with E-state index in [4.69, 9.17) is 4.57 Å². The molecule has 5 heavy (non-hydrogen) atoms. The predicted octanol–water partition coefficient (Wildman–Crippen LogP) is 2.43. The van der Waals surface area contributed by atoms with E-state index in [0.29, 0.717) is 0 Å². The molecule has 0 unspecified atom stereocenters. The van der Waals surface area contributed by atoms with Gasteiger partial charge in [0.1, 0.15) is 0 Å². The fraction of sp³-hybridized carbons (Fsp3) is 0. The highest BCUT2D eigenvalue weighted by atomic mass is 79.9. The zero-order valence-corrected chi connectivity index (χ0v) is 4.47. The molecule has 0 aromatic heterocycles. The summed E-state index contributed by atoms with van der Waals surface area (Å²) in [4.78, 5) is 0. The molecule has 0 radical (unpaired) electrons. The third-order valence-corrected chi connectivity index (χ3v) is 0. The van der Waals surface area contributed by atoms with E-state index in [0.717, 1.165) is 0 Å². The first kappa shape index (κ1) is 5.57. The van der Waals surface area contributed by atoms with Crippen LogP contribution in [0.1, 0.15) is 0 Å². The van der Waals surface area contributed by atoms with Crippen molar-refractivity contribution in [3.8, 4) is 0 Å². The minimum absolute atomic E-state index is 1.60. The molecule has 0 saturated carbocycles. The maximum atomic E-state index is 10.5. The molecule has 0 aromatic rings. The van der Waals surface area contributed by atoms with Crippen molar-refractivity contribution >= 4 is 22.0 Å². The standard InChI is InChI=1S/BrF2OP/c1-5(2,3)4. The quantitative estimate of drug-likeness (QED) is 0.503. The Morgan fingerprint density at radius 3 is 1.60 bits per heavy atom. The van der Waals surface area contributed by atoms with Crippen LogP contribution in [-0.2, 0) is 4.57 Å². The summed E-state index contributed by atoms with van der Waals surface area (Å²) < 4.78 is 29.8. The topological polar surface area (TPSA) is 17.1 Å². The predicted molar refractivity (Wildman–Crippen MR) is 18.7 cm³/mol. The monoisotopic (exact) mass is 164 g/mol. The van der Waals surface area contributed by atoms with Gasteiger partial charge >= 0.3 is 6.47 Å². The minimum atomic E-state index is -4.83. The van der Waals surface area contributed by atoms with Crippen LogP contribution in [0.25, 0.3) is 0 Å². The highest BCUT2D eigenvalue weighted by molar-refractivity contribution is 9.39. The van der Waals surface area contributed by atoms with Crippen molar-refractivity contribution in [3.05, 3.63) is 0 Å². The molecule has 0 spiro atoms. The van der Waals surface area contributed by atoms with Gasteiger partial charge in [-0.3, -0.25) is 0 Å². The van der Waals surface area contributed by atoms with Gasteiger partial charge < -0.3 is 0 Å². The summed E-state index contributed by atoms with van der Waals surface area (Å²) in [6.07, 6.45) is 0. The molecule has 0 N–H and O–H groups in total. The third kappa shape index (κ3) is 92.9. The van der Waals surface area contributed by atoms with Crippen molar-refractivity contribution in [2.24, 2.45) is 0 Å². The second-order valence-corrected chi connectivity index (χ2v) is 3.67. The Labute approximate surface area is 35.7 Å². The van der Waals surface area contributed by atoms with Gasteiger partial charge in [-0.2, -0.15) is 0 Å². The van der Waals surface area contributed by atoms with Gasteiger partial charge in [-0.15, -0.1) is 8.39 Å². The van der Waals surface area contributed by atoms with E-state index in [2.05, 4.69) is 0 Å². The summed E-state index contributed by atoms with van der Waals surface area (Å²) in [5.74, 6) is 0. The summed E-state index contributed by atoms with van der Waals surface area (Å²) in [5, 5.41) is 0. The third-order valence-electron chi connectivity index (χ3n) is 0. The van der Waals surface area contributed by atoms with Crippen molar-refractivity contribution in [1.29, 1.82) is 0 Å². The molecule has 0 atom stereocenters. The smallest absolute Gasteiger partial charge is 0.237 e. The van der Waals surface area contributed by atoms with Crippen LogP contribution in [0, 0.1) is 0 Å². The number of hydrogen-bond acceptors (Lipinski definition) is 1. The molecule has 0 amide bonds. The summed E-state index contributed by atoms with van der Waals surface area (Å²) in [5.41, 5.74) is 0. The van der Waals surface area contributed by atoms with E-state index in [1.807, 2.05) is 0 Å². The van der Waals surface area contributed by atoms with Gasteiger partial charge in [0, 0.05) is 0 Å². The fourth-order valence-corrected chi connectivity index (χ4v) is 0. The van der Waals surface area contributed by atoms with E-state index >= 15 is 0 Å². The zero-order chi connectivity index (χ0) is 4.50. The summed E-state index contributed by atoms with van der Waals surface area (Å²) in [6, 6.07) is 0. The SMILES string of the molecule is O=P(F)(F)Br. The zero-order valence-electron chi connectivity index (χ0n) is 1.99. The maximum Gasteiger partial charge on any atom is 0.468 e. The molecule has 0 fully saturated rings. The highest BCUT2D eigenvalue weighted by Crippen LogP contribution is 2.56. The normalized spacial score (nSPS) is 11.8. The molecule has 0 heterocycles. The number of rotatable bonds is 0. The van der Waals surface area contributed by atoms with Gasteiger partial charge in [-0.05, 0) is 0 Å². The van der Waals surface area contributed by atoms with Gasteiger partial charge in [-0.1, -0.05) is 0 Å². The molecule has 0 bridgehead atoms. The largest absolute Gasteiger partial charge is 0.468 e. The molecule has 0 aliphatic rings. The van der Waals surface area contributed by atoms with Gasteiger partial charge in [0.05, 0.1) is 15.5 Å². The summed E-state index contributed by atoms with van der Waals surface area (Å²) >= 11 is 1.60. The Bertz CT molecular complexity index is 55.8. The first-order valence-electron chi connectivity index (χ1n) is 0.690. The molecule has 0 aliphatic carbocycles. The Kier molecular flexibility index (Phi) is 1.50. The highest BCUT2D eigenvalue weighted by Gasteiger charge is 2.08. The van der Waals surface area contributed by atoms with Gasteiger partial charge in [0.25, 0.3) is 0 Å². The number of halogens is 3. The average Bonchev–Trinajstić information content (AvgIpc) is 0.722. The van der Waals surface area contributed by atoms with E-state index in [1.54, 1.807) is 15.5 Å². The first-order valence-corrected chi connectivity index (χ1v) is 4.20. The molecule has 0 rings (SSSR count). The van der Waals surface area contributed by atoms with Crippen LogP contribution in [-0.4, -0.2) is 0 Å².